The molecular formula is C24H23F3N8O2. The molecule has 0 spiro atoms. The number of hydrogen-bond acceptors (Lipinski definition) is 8. The molecule has 13 heteroatoms. The summed E-state index contributed by atoms with van der Waals surface area (Å²) >= 11 is 0. The second-order valence-corrected chi connectivity index (χ2v) is 9.19. The van der Waals surface area contributed by atoms with Crippen molar-refractivity contribution in [2.75, 3.05) is 19.7 Å². The first-order valence-electron chi connectivity index (χ1n) is 11.5. The molecule has 0 unspecified atom stereocenters. The molecule has 10 nitrogen and oxygen atoms in total. The van der Waals surface area contributed by atoms with Gasteiger partial charge < -0.3 is 14.7 Å². The highest BCUT2D eigenvalue weighted by Crippen LogP contribution is 2.33. The number of likely N-dealkylation sites (tertiary alicyclic amines) is 1. The molecule has 37 heavy (non-hydrogen) atoms. The molecule has 1 N–H and O–H groups in total. The van der Waals surface area contributed by atoms with Crippen molar-refractivity contribution in [1.29, 1.82) is 5.26 Å². The van der Waals surface area contributed by atoms with Crippen LogP contribution in [0.1, 0.15) is 30.8 Å². The fourth-order valence-corrected chi connectivity index (χ4v) is 4.46. The molecule has 192 valence electrons. The van der Waals surface area contributed by atoms with Crippen LogP contribution in [0.4, 0.5) is 13.2 Å². The predicted octanol–water partition coefficient (Wildman–Crippen LogP) is 2.93. The molecular weight excluding hydrogens is 489 g/mol. The maximum Gasteiger partial charge on any atom is 0.179 e. The van der Waals surface area contributed by atoms with Crippen LogP contribution in [-0.2, 0) is 5.60 Å². The van der Waals surface area contributed by atoms with E-state index in [1.54, 1.807) is 19.2 Å². The Bertz CT molecular complexity index is 1480. The predicted molar refractivity (Wildman–Crippen MR) is 124 cm³/mol. The first kappa shape index (κ1) is 24.5. The van der Waals surface area contributed by atoms with E-state index < -0.39 is 29.4 Å². The van der Waals surface area contributed by atoms with Gasteiger partial charge >= 0.3 is 0 Å². The van der Waals surface area contributed by atoms with Crippen LogP contribution >= 0.6 is 0 Å². The van der Waals surface area contributed by atoms with Gasteiger partial charge in [0.1, 0.15) is 41.2 Å². The monoisotopic (exact) mass is 512 g/mol. The molecule has 4 aromatic heterocycles. The minimum absolute atomic E-state index is 0.0187. The van der Waals surface area contributed by atoms with E-state index in [-0.39, 0.29) is 30.1 Å². The van der Waals surface area contributed by atoms with Crippen LogP contribution in [0.15, 0.2) is 36.8 Å². The summed E-state index contributed by atoms with van der Waals surface area (Å²) in [5, 5.41) is 32.3. The van der Waals surface area contributed by atoms with E-state index in [1.807, 2.05) is 6.19 Å². The van der Waals surface area contributed by atoms with Gasteiger partial charge in [-0.15, -0.1) is 5.10 Å². The van der Waals surface area contributed by atoms with Crippen molar-refractivity contribution in [2.45, 2.75) is 38.1 Å². The normalized spacial score (nSPS) is 19.5. The van der Waals surface area contributed by atoms with Crippen LogP contribution in [0.5, 0.6) is 5.75 Å². The molecule has 0 saturated carbocycles. The summed E-state index contributed by atoms with van der Waals surface area (Å²) in [6, 6.07) is 3.47. The average molecular weight is 512 g/mol. The summed E-state index contributed by atoms with van der Waals surface area (Å²) in [4.78, 5) is 5.27. The van der Waals surface area contributed by atoms with Crippen LogP contribution in [-0.4, -0.2) is 65.5 Å². The SMILES string of the molecule is Cc1c(-c2cc(OC[C@@](C)(O)c3ccc(F)cn3)c3c(F)cnn3c2)nnn1[C@H]1CCN(C#N)C[C@H]1F. The second-order valence-electron chi connectivity index (χ2n) is 9.19. The van der Waals surface area contributed by atoms with Crippen LogP contribution in [0.25, 0.3) is 16.8 Å². The van der Waals surface area contributed by atoms with Gasteiger partial charge in [-0.2, -0.15) is 10.4 Å². The Kier molecular flexibility index (Phi) is 6.20. The van der Waals surface area contributed by atoms with Gasteiger partial charge in [-0.1, -0.05) is 5.21 Å². The molecule has 1 fully saturated rings. The molecule has 1 saturated heterocycles. The Morgan fingerprint density at radius 2 is 2.11 bits per heavy atom. The molecule has 5 rings (SSSR count). The van der Waals surface area contributed by atoms with Crippen molar-refractivity contribution in [1.82, 2.24) is 34.5 Å². The van der Waals surface area contributed by atoms with E-state index in [9.17, 15) is 18.3 Å². The Labute approximate surface area is 209 Å². The van der Waals surface area contributed by atoms with Crippen molar-refractivity contribution in [3.63, 3.8) is 0 Å². The third-order valence-corrected chi connectivity index (χ3v) is 6.48. The first-order valence-corrected chi connectivity index (χ1v) is 11.5. The highest BCUT2D eigenvalue weighted by Gasteiger charge is 2.33. The fourth-order valence-electron chi connectivity index (χ4n) is 4.46. The maximum absolute atomic E-state index is 14.8. The van der Waals surface area contributed by atoms with Gasteiger partial charge in [-0.25, -0.2) is 22.4 Å². The lowest BCUT2D eigenvalue weighted by atomic mass is 10.0. The van der Waals surface area contributed by atoms with Crippen molar-refractivity contribution in [2.24, 2.45) is 0 Å². The number of halogens is 3. The molecule has 0 amide bonds. The van der Waals surface area contributed by atoms with Crippen LogP contribution in [0.2, 0.25) is 0 Å². The zero-order chi connectivity index (χ0) is 26.3. The third kappa shape index (κ3) is 4.55. The summed E-state index contributed by atoms with van der Waals surface area (Å²) in [5.41, 5.74) is 0.105. The number of alkyl halides is 1. The Morgan fingerprint density at radius 3 is 2.81 bits per heavy atom. The van der Waals surface area contributed by atoms with Crippen molar-refractivity contribution in [3.8, 4) is 23.2 Å². The Balaban J connectivity index is 1.46. The third-order valence-electron chi connectivity index (χ3n) is 6.48. The molecule has 5 heterocycles. The maximum atomic E-state index is 14.8. The molecule has 1 aliphatic heterocycles. The molecule has 0 radical (unpaired) electrons. The smallest absolute Gasteiger partial charge is 0.179 e. The number of piperidine rings is 1. The lowest BCUT2D eigenvalue weighted by molar-refractivity contribution is 0.00415. The van der Waals surface area contributed by atoms with E-state index in [1.165, 1.54) is 33.2 Å². The largest absolute Gasteiger partial charge is 0.488 e. The zero-order valence-electron chi connectivity index (χ0n) is 20.0. The Morgan fingerprint density at radius 1 is 1.30 bits per heavy atom. The summed E-state index contributed by atoms with van der Waals surface area (Å²) in [5.74, 6) is -1.10. The summed E-state index contributed by atoms with van der Waals surface area (Å²) in [7, 11) is 0. The van der Waals surface area contributed by atoms with Crippen LogP contribution in [0.3, 0.4) is 0 Å². The van der Waals surface area contributed by atoms with Gasteiger partial charge in [-0.3, -0.25) is 4.98 Å². The van der Waals surface area contributed by atoms with Crippen molar-refractivity contribution in [3.05, 3.63) is 59.8 Å². The minimum Gasteiger partial charge on any atom is -0.488 e. The summed E-state index contributed by atoms with van der Waals surface area (Å²) < 4.78 is 51.3. The number of rotatable bonds is 6. The van der Waals surface area contributed by atoms with Crippen molar-refractivity contribution >= 4 is 5.52 Å². The number of ether oxygens (including phenoxy) is 1. The molecule has 3 atom stereocenters. The van der Waals surface area contributed by atoms with Crippen LogP contribution < -0.4 is 4.74 Å². The molecule has 0 bridgehead atoms. The lowest BCUT2D eigenvalue weighted by Crippen LogP contribution is -2.40. The van der Waals surface area contributed by atoms with E-state index >= 15 is 0 Å². The second kappa shape index (κ2) is 9.36. The number of fused-ring (bicyclic) bond motifs is 1. The number of pyridine rings is 2. The quantitative estimate of drug-likeness (QED) is 0.392. The van der Waals surface area contributed by atoms with Gasteiger partial charge in [0.15, 0.2) is 12.0 Å². The van der Waals surface area contributed by atoms with Gasteiger partial charge in [0.2, 0.25) is 0 Å². The van der Waals surface area contributed by atoms with E-state index in [0.717, 1.165) is 12.4 Å². The molecule has 1 aliphatic rings. The number of nitriles is 1. The lowest BCUT2D eigenvalue weighted by Gasteiger charge is -2.31. The highest BCUT2D eigenvalue weighted by molar-refractivity contribution is 5.70. The summed E-state index contributed by atoms with van der Waals surface area (Å²) in [6.07, 6.45) is 4.63. The molecule has 0 aliphatic carbocycles. The molecule has 0 aromatic carbocycles. The highest BCUT2D eigenvalue weighted by atomic mass is 19.1. The average Bonchev–Trinajstić information content (AvgIpc) is 3.45. The number of hydrogen-bond donors (Lipinski definition) is 1. The minimum atomic E-state index is -1.61. The van der Waals surface area contributed by atoms with E-state index in [0.29, 0.717) is 29.9 Å². The van der Waals surface area contributed by atoms with E-state index in [2.05, 4.69) is 20.4 Å². The first-order chi connectivity index (χ1) is 17.7. The van der Waals surface area contributed by atoms with Gasteiger partial charge in [-0.05, 0) is 38.5 Å². The number of aromatic nitrogens is 6. The molecule has 4 aromatic rings. The van der Waals surface area contributed by atoms with Crippen LogP contribution in [0, 0.1) is 30.0 Å². The van der Waals surface area contributed by atoms with Gasteiger partial charge in [0.25, 0.3) is 0 Å². The number of aliphatic hydroxyl groups is 1. The number of nitrogens with zero attached hydrogens (tertiary/aromatic N) is 8. The van der Waals surface area contributed by atoms with Crippen molar-refractivity contribution < 1.29 is 23.0 Å². The van der Waals surface area contributed by atoms with E-state index in [4.69, 9.17) is 10.00 Å². The Hall–Kier alpha value is -4.18. The standard InChI is InChI=1S/C24H23F3N8O2/c1-14-22(31-32-35(14)19-5-6-33(13-28)11-18(19)27)15-7-20(23-17(26)9-30-34(23)10-15)37-12-24(2,36)21-4-3-16(25)8-29-21/h3-4,7-10,18-19,36H,5-6,11-12H2,1-2H3/t18-,19+,24-/m1/s1. The van der Waals surface area contributed by atoms with Gasteiger partial charge in [0, 0.05) is 18.3 Å². The zero-order valence-corrected chi connectivity index (χ0v) is 20.0. The van der Waals surface area contributed by atoms with Gasteiger partial charge in [0.05, 0.1) is 36.4 Å². The summed E-state index contributed by atoms with van der Waals surface area (Å²) in [6.45, 7) is 3.27. The fraction of sp³-hybridized carbons (Fsp3) is 0.375. The topological polar surface area (TPSA) is 117 Å².